The number of H-pyrrole nitrogens is 1. The molecule has 8 heteroatoms. The molecule has 7 nitrogen and oxygen atoms in total. The number of nitrogens with zero attached hydrogens (tertiary/aromatic N) is 5. The summed E-state index contributed by atoms with van der Waals surface area (Å²) >= 11 is 5.92. The molecule has 1 aliphatic rings. The molecule has 160 valence electrons. The van der Waals surface area contributed by atoms with Crippen molar-refractivity contribution >= 4 is 17.2 Å². The van der Waals surface area contributed by atoms with Crippen LogP contribution in [0, 0.1) is 13.8 Å². The van der Waals surface area contributed by atoms with E-state index in [0.29, 0.717) is 17.5 Å². The van der Waals surface area contributed by atoms with Crippen LogP contribution >= 0.6 is 11.6 Å². The van der Waals surface area contributed by atoms with Crippen LogP contribution in [-0.2, 0) is 13.2 Å². The second-order valence-corrected chi connectivity index (χ2v) is 8.66. The number of nitrogens with one attached hydrogen (secondary N) is 1. The van der Waals surface area contributed by atoms with Gasteiger partial charge in [-0.2, -0.15) is 10.2 Å². The third-order valence-corrected chi connectivity index (χ3v) is 6.05. The molecule has 1 aromatic carbocycles. The van der Waals surface area contributed by atoms with Crippen molar-refractivity contribution in [3.05, 3.63) is 76.0 Å². The summed E-state index contributed by atoms with van der Waals surface area (Å²) in [6.07, 6.45) is 3.04. The molecule has 3 aromatic heterocycles. The maximum absolute atomic E-state index is 5.92. The van der Waals surface area contributed by atoms with Crippen LogP contribution in [0.4, 0.5) is 0 Å². The van der Waals surface area contributed by atoms with Gasteiger partial charge in [0, 0.05) is 41.0 Å². The van der Waals surface area contributed by atoms with Gasteiger partial charge in [0.25, 0.3) is 0 Å². The van der Waals surface area contributed by atoms with Gasteiger partial charge in [0.2, 0.25) is 0 Å². The molecular formula is C23H25ClN6O. The van der Waals surface area contributed by atoms with E-state index in [2.05, 4.69) is 39.3 Å². The van der Waals surface area contributed by atoms with E-state index in [9.17, 15) is 0 Å². The number of benzene rings is 1. The minimum atomic E-state index is 0.416. The molecule has 0 unspecified atom stereocenters. The largest absolute Gasteiger partial charge is 0.487 e. The van der Waals surface area contributed by atoms with Crippen molar-refractivity contribution in [2.45, 2.75) is 39.3 Å². The normalized spacial score (nSPS) is 16.9. The Labute approximate surface area is 186 Å². The predicted molar refractivity (Wildman–Crippen MR) is 119 cm³/mol. The summed E-state index contributed by atoms with van der Waals surface area (Å²) in [6.45, 7) is 7.42. The number of ether oxygens (including phenoxy) is 1. The Bertz CT molecular complexity index is 1200. The fourth-order valence-corrected chi connectivity index (χ4v) is 4.37. The molecule has 31 heavy (non-hydrogen) atoms. The van der Waals surface area contributed by atoms with Crippen LogP contribution in [0.15, 0.2) is 42.6 Å². The van der Waals surface area contributed by atoms with Crippen molar-refractivity contribution < 1.29 is 4.74 Å². The number of aromatic amines is 1. The Kier molecular flexibility index (Phi) is 5.38. The van der Waals surface area contributed by atoms with Crippen molar-refractivity contribution in [1.82, 2.24) is 29.7 Å². The second-order valence-electron chi connectivity index (χ2n) is 8.23. The zero-order valence-corrected chi connectivity index (χ0v) is 18.4. The van der Waals surface area contributed by atoms with Crippen molar-refractivity contribution in [3.63, 3.8) is 0 Å². The third kappa shape index (κ3) is 4.29. The van der Waals surface area contributed by atoms with Crippen molar-refractivity contribution in [2.75, 3.05) is 13.1 Å². The first-order valence-electron chi connectivity index (χ1n) is 10.5. The van der Waals surface area contributed by atoms with Gasteiger partial charge < -0.3 is 4.74 Å². The van der Waals surface area contributed by atoms with Crippen LogP contribution in [0.25, 0.3) is 5.65 Å². The number of halogens is 1. The summed E-state index contributed by atoms with van der Waals surface area (Å²) < 4.78 is 7.75. The minimum absolute atomic E-state index is 0.416. The van der Waals surface area contributed by atoms with E-state index in [1.165, 1.54) is 5.56 Å². The Morgan fingerprint density at radius 2 is 2.03 bits per heavy atom. The smallest absolute Gasteiger partial charge is 0.159 e. The molecule has 1 atom stereocenters. The first-order chi connectivity index (χ1) is 15.0. The molecule has 1 aliphatic heterocycles. The summed E-state index contributed by atoms with van der Waals surface area (Å²) in [5.41, 5.74) is 6.34. The summed E-state index contributed by atoms with van der Waals surface area (Å²) in [5.74, 6) is 1.21. The van der Waals surface area contributed by atoms with E-state index in [1.807, 2.05) is 41.9 Å². The SMILES string of the molecule is Cc1cc(C)n2ncc(CN3CC[C@H](c4cc(COc5ccc(Cl)cc5)[nH]n4)C3)c2n1. The standard InChI is InChI=1S/C23H25ClN6O/c1-15-9-16(2)30-23(26-15)18(11-25-30)13-29-8-7-17(12-29)22-10-20(27-28-22)14-31-21-5-3-19(24)4-6-21/h3-6,9-11,17H,7-8,12-14H2,1-2H3,(H,27,28)/t17-/m0/s1. The van der Waals surface area contributed by atoms with Crippen LogP contribution < -0.4 is 4.74 Å². The minimum Gasteiger partial charge on any atom is -0.487 e. The summed E-state index contributed by atoms with van der Waals surface area (Å²) in [4.78, 5) is 7.16. The fourth-order valence-electron chi connectivity index (χ4n) is 4.24. The topological polar surface area (TPSA) is 71.3 Å². The molecule has 0 amide bonds. The van der Waals surface area contributed by atoms with Gasteiger partial charge in [-0.15, -0.1) is 0 Å². The average Bonchev–Trinajstić information content (AvgIpc) is 3.48. The molecule has 0 bridgehead atoms. The van der Waals surface area contributed by atoms with Crippen LogP contribution in [0.3, 0.4) is 0 Å². The average molecular weight is 437 g/mol. The maximum Gasteiger partial charge on any atom is 0.159 e. The molecule has 4 heterocycles. The Morgan fingerprint density at radius 1 is 1.19 bits per heavy atom. The summed E-state index contributed by atoms with van der Waals surface area (Å²) in [6, 6.07) is 11.6. The Hall–Kier alpha value is -2.90. The molecular weight excluding hydrogens is 412 g/mol. The number of aryl methyl sites for hydroxylation is 2. The van der Waals surface area contributed by atoms with E-state index >= 15 is 0 Å². The lowest BCUT2D eigenvalue weighted by Crippen LogP contribution is -2.20. The van der Waals surface area contributed by atoms with Crippen LogP contribution in [0.5, 0.6) is 5.75 Å². The number of fused-ring (bicyclic) bond motifs is 1. The molecule has 1 N–H and O–H groups in total. The van der Waals surface area contributed by atoms with E-state index in [4.69, 9.17) is 21.3 Å². The van der Waals surface area contributed by atoms with Crippen molar-refractivity contribution in [1.29, 1.82) is 0 Å². The number of hydrogen-bond acceptors (Lipinski definition) is 5. The number of rotatable bonds is 6. The lowest BCUT2D eigenvalue weighted by molar-refractivity contribution is 0.301. The van der Waals surface area contributed by atoms with Gasteiger partial charge in [-0.3, -0.25) is 10.00 Å². The molecule has 0 aliphatic carbocycles. The number of hydrogen-bond donors (Lipinski definition) is 1. The Morgan fingerprint density at radius 3 is 2.87 bits per heavy atom. The van der Waals surface area contributed by atoms with Gasteiger partial charge in [-0.05, 0) is 63.2 Å². The van der Waals surface area contributed by atoms with Gasteiger partial charge in [0.15, 0.2) is 5.65 Å². The number of aromatic nitrogens is 5. The van der Waals surface area contributed by atoms with Gasteiger partial charge >= 0.3 is 0 Å². The second kappa shape index (κ2) is 8.32. The van der Waals surface area contributed by atoms with Crippen molar-refractivity contribution in [2.24, 2.45) is 0 Å². The van der Waals surface area contributed by atoms with Crippen LogP contribution in [-0.4, -0.2) is 42.8 Å². The highest BCUT2D eigenvalue weighted by atomic mass is 35.5. The number of likely N-dealkylation sites (tertiary alicyclic amines) is 1. The van der Waals surface area contributed by atoms with Gasteiger partial charge in [-0.25, -0.2) is 9.50 Å². The third-order valence-electron chi connectivity index (χ3n) is 5.79. The molecule has 0 radical (unpaired) electrons. The van der Waals surface area contributed by atoms with E-state index in [1.54, 1.807) is 0 Å². The molecule has 4 aromatic rings. The molecule has 0 spiro atoms. The van der Waals surface area contributed by atoms with Crippen LogP contribution in [0.1, 0.15) is 40.7 Å². The first-order valence-corrected chi connectivity index (χ1v) is 10.9. The fraction of sp³-hybridized carbons (Fsp3) is 0.348. The molecule has 1 fully saturated rings. The highest BCUT2D eigenvalue weighted by Gasteiger charge is 2.26. The maximum atomic E-state index is 5.92. The molecule has 0 saturated carbocycles. The van der Waals surface area contributed by atoms with E-state index in [0.717, 1.165) is 60.2 Å². The zero-order chi connectivity index (χ0) is 21.4. The Balaban J connectivity index is 1.21. The monoisotopic (exact) mass is 436 g/mol. The quantitative estimate of drug-likeness (QED) is 0.488. The molecule has 1 saturated heterocycles. The highest BCUT2D eigenvalue weighted by Crippen LogP contribution is 2.28. The lowest BCUT2D eigenvalue weighted by Gasteiger charge is -2.14. The lowest BCUT2D eigenvalue weighted by atomic mass is 10.1. The first kappa shape index (κ1) is 20.0. The van der Waals surface area contributed by atoms with Crippen molar-refractivity contribution in [3.8, 4) is 5.75 Å². The van der Waals surface area contributed by atoms with Gasteiger partial charge in [-0.1, -0.05) is 11.6 Å². The van der Waals surface area contributed by atoms with E-state index in [-0.39, 0.29) is 0 Å². The zero-order valence-electron chi connectivity index (χ0n) is 17.7. The molecule has 5 rings (SSSR count). The summed E-state index contributed by atoms with van der Waals surface area (Å²) in [7, 11) is 0. The predicted octanol–water partition coefficient (Wildman–Crippen LogP) is 4.29. The van der Waals surface area contributed by atoms with Crippen LogP contribution in [0.2, 0.25) is 5.02 Å². The summed E-state index contributed by atoms with van der Waals surface area (Å²) in [5, 5.41) is 12.9. The van der Waals surface area contributed by atoms with E-state index < -0.39 is 0 Å². The van der Waals surface area contributed by atoms with Gasteiger partial charge in [0.1, 0.15) is 12.4 Å². The highest BCUT2D eigenvalue weighted by molar-refractivity contribution is 6.30. The van der Waals surface area contributed by atoms with Gasteiger partial charge in [0.05, 0.1) is 17.6 Å².